The van der Waals surface area contributed by atoms with Crippen LogP contribution in [0.5, 0.6) is 0 Å². The second kappa shape index (κ2) is 11.5. The Morgan fingerprint density at radius 1 is 1.21 bits per heavy atom. The van der Waals surface area contributed by atoms with Crippen molar-refractivity contribution in [1.82, 2.24) is 4.90 Å². The van der Waals surface area contributed by atoms with Crippen LogP contribution < -0.4 is 9.80 Å². The summed E-state index contributed by atoms with van der Waals surface area (Å²) >= 11 is 0. The number of benzene rings is 1. The largest absolute Gasteiger partial charge is 0.466 e. The minimum Gasteiger partial charge on any atom is -0.466 e. The Kier molecular flexibility index (Phi) is 8.47. The number of fused-ring (bicyclic) bond motifs is 1. The third-order valence-corrected chi connectivity index (χ3v) is 8.47. The first-order valence-electron chi connectivity index (χ1n) is 13.9. The summed E-state index contributed by atoms with van der Waals surface area (Å²) in [6.07, 6.45) is 2.71. The van der Waals surface area contributed by atoms with Crippen molar-refractivity contribution in [1.29, 1.82) is 0 Å². The van der Waals surface area contributed by atoms with Gasteiger partial charge >= 0.3 is 5.97 Å². The molecule has 0 unspecified atom stereocenters. The predicted molar refractivity (Wildman–Crippen MR) is 145 cm³/mol. The van der Waals surface area contributed by atoms with Gasteiger partial charge in [-0.25, -0.2) is 0 Å². The van der Waals surface area contributed by atoms with E-state index in [2.05, 4.69) is 25.3 Å². The number of aliphatic hydroxyl groups is 1. The molecule has 0 saturated carbocycles. The van der Waals surface area contributed by atoms with E-state index in [1.807, 2.05) is 31.2 Å². The van der Waals surface area contributed by atoms with Crippen LogP contribution in [-0.4, -0.2) is 84.4 Å². The molecule has 38 heavy (non-hydrogen) atoms. The summed E-state index contributed by atoms with van der Waals surface area (Å²) < 4.78 is 11.8. The number of aliphatic hydroxyl groups excluding tert-OH is 1. The molecule has 1 aromatic carbocycles. The molecule has 3 heterocycles. The first-order chi connectivity index (χ1) is 18.3. The van der Waals surface area contributed by atoms with Gasteiger partial charge in [0.2, 0.25) is 5.91 Å². The van der Waals surface area contributed by atoms with E-state index in [4.69, 9.17) is 9.47 Å². The number of carbonyl (C=O) groups excluding carboxylic acids is 3. The monoisotopic (exact) mass is 527 g/mol. The molecular weight excluding hydrogens is 486 g/mol. The summed E-state index contributed by atoms with van der Waals surface area (Å²) in [4.78, 5) is 46.8. The lowest BCUT2D eigenvalue weighted by Gasteiger charge is -2.39. The third-order valence-electron chi connectivity index (χ3n) is 8.47. The van der Waals surface area contributed by atoms with Crippen LogP contribution in [0.3, 0.4) is 0 Å². The number of amides is 2. The quantitative estimate of drug-likeness (QED) is 0.330. The van der Waals surface area contributed by atoms with Crippen molar-refractivity contribution >= 4 is 29.2 Å². The lowest BCUT2D eigenvalue weighted by Crippen LogP contribution is -2.59. The molecule has 208 valence electrons. The topological polar surface area (TPSA) is 99.6 Å². The van der Waals surface area contributed by atoms with Crippen molar-refractivity contribution in [2.75, 3.05) is 42.6 Å². The number of esters is 1. The Bertz CT molecular complexity index is 1040. The SMILES string of the molecule is C=CCN(C(=O)[C@@H]1N([C@@H](CC)CO)C(=O)[C@H]2[C@H](C(=O)OCC)[C@@H]3CC[C@]12O3)c1ccc(N(CC)CC)cc1. The highest BCUT2D eigenvalue weighted by molar-refractivity contribution is 6.05. The van der Waals surface area contributed by atoms with Crippen molar-refractivity contribution in [3.63, 3.8) is 0 Å². The molecule has 0 aromatic heterocycles. The van der Waals surface area contributed by atoms with Crippen LogP contribution in [0.25, 0.3) is 0 Å². The minimum atomic E-state index is -1.14. The lowest BCUT2D eigenvalue weighted by molar-refractivity contribution is -0.155. The van der Waals surface area contributed by atoms with E-state index in [9.17, 15) is 19.5 Å². The second-order valence-electron chi connectivity index (χ2n) is 10.2. The molecule has 3 aliphatic heterocycles. The van der Waals surface area contributed by atoms with Crippen LogP contribution >= 0.6 is 0 Å². The highest BCUT2D eigenvalue weighted by Gasteiger charge is 2.75. The van der Waals surface area contributed by atoms with Gasteiger partial charge in [-0.3, -0.25) is 14.4 Å². The molecule has 0 aliphatic carbocycles. The summed E-state index contributed by atoms with van der Waals surface area (Å²) in [5, 5.41) is 10.2. The maximum absolute atomic E-state index is 14.5. The van der Waals surface area contributed by atoms with E-state index in [0.29, 0.717) is 24.9 Å². The summed E-state index contributed by atoms with van der Waals surface area (Å²) in [5.41, 5.74) is 0.603. The zero-order chi connectivity index (χ0) is 27.6. The Balaban J connectivity index is 1.76. The molecule has 2 bridgehead atoms. The molecule has 3 fully saturated rings. The lowest BCUT2D eigenvalue weighted by atomic mass is 9.70. The van der Waals surface area contributed by atoms with Gasteiger partial charge in [0.15, 0.2) is 0 Å². The highest BCUT2D eigenvalue weighted by atomic mass is 16.6. The average Bonchev–Trinajstić information content (AvgIpc) is 3.57. The van der Waals surface area contributed by atoms with E-state index >= 15 is 0 Å². The zero-order valence-corrected chi connectivity index (χ0v) is 23.0. The number of likely N-dealkylation sites (tertiary alicyclic amines) is 1. The van der Waals surface area contributed by atoms with Crippen LogP contribution in [0.2, 0.25) is 0 Å². The fraction of sp³-hybridized carbons (Fsp3) is 0.621. The van der Waals surface area contributed by atoms with E-state index in [0.717, 1.165) is 18.8 Å². The Hall–Kier alpha value is -2.91. The van der Waals surface area contributed by atoms with Gasteiger partial charge in [-0.05, 0) is 64.3 Å². The number of hydrogen-bond acceptors (Lipinski definition) is 7. The number of hydrogen-bond donors (Lipinski definition) is 1. The van der Waals surface area contributed by atoms with Gasteiger partial charge in [0.25, 0.3) is 5.91 Å². The Morgan fingerprint density at radius 3 is 2.42 bits per heavy atom. The molecule has 9 heteroatoms. The molecule has 2 amide bonds. The second-order valence-corrected chi connectivity index (χ2v) is 10.2. The maximum Gasteiger partial charge on any atom is 0.312 e. The summed E-state index contributed by atoms with van der Waals surface area (Å²) in [6.45, 7) is 13.5. The molecular formula is C29H41N3O6. The number of nitrogens with zero attached hydrogens (tertiary/aromatic N) is 3. The first-order valence-corrected chi connectivity index (χ1v) is 13.9. The van der Waals surface area contributed by atoms with Gasteiger partial charge in [0, 0.05) is 31.0 Å². The van der Waals surface area contributed by atoms with Crippen LogP contribution in [-0.2, 0) is 23.9 Å². The molecule has 6 atom stereocenters. The molecule has 0 radical (unpaired) electrons. The first kappa shape index (κ1) is 28.1. The molecule has 3 aliphatic rings. The van der Waals surface area contributed by atoms with Crippen LogP contribution in [0.4, 0.5) is 11.4 Å². The maximum atomic E-state index is 14.5. The highest BCUT2D eigenvalue weighted by Crippen LogP contribution is 2.59. The molecule has 1 aromatic rings. The van der Waals surface area contributed by atoms with Crippen molar-refractivity contribution in [3.05, 3.63) is 36.9 Å². The van der Waals surface area contributed by atoms with Crippen LogP contribution in [0, 0.1) is 11.8 Å². The van der Waals surface area contributed by atoms with Crippen LogP contribution in [0.1, 0.15) is 47.0 Å². The van der Waals surface area contributed by atoms with Gasteiger partial charge in [-0.1, -0.05) is 13.0 Å². The Labute approximate surface area is 225 Å². The summed E-state index contributed by atoms with van der Waals surface area (Å²) in [7, 11) is 0. The molecule has 3 saturated heterocycles. The van der Waals surface area contributed by atoms with Crippen molar-refractivity contribution in [2.45, 2.75) is 70.7 Å². The van der Waals surface area contributed by atoms with E-state index in [1.54, 1.807) is 17.9 Å². The van der Waals surface area contributed by atoms with Gasteiger partial charge in [-0.2, -0.15) is 0 Å². The summed E-state index contributed by atoms with van der Waals surface area (Å²) in [6, 6.07) is 6.25. The molecule has 1 spiro atoms. The standard InChI is InChI=1S/C29H41N3O6/c1-6-17-31(21-13-11-20(12-14-21)30(8-3)9-4)27(35)25-29-16-15-22(38-29)23(28(36)37-10-5)24(29)26(34)32(25)19(7-2)18-33/h6,11-14,19,22-25,33H,1,7-10,15-18H2,2-5H3/t19-,22-,23+,24+,25-,29+/m0/s1. The number of anilines is 2. The predicted octanol–water partition coefficient (Wildman–Crippen LogP) is 2.76. The number of ether oxygens (including phenoxy) is 2. The van der Waals surface area contributed by atoms with E-state index in [1.165, 1.54) is 4.90 Å². The zero-order valence-electron chi connectivity index (χ0n) is 23.0. The van der Waals surface area contributed by atoms with Crippen molar-refractivity contribution in [3.8, 4) is 0 Å². The van der Waals surface area contributed by atoms with Gasteiger partial charge < -0.3 is 29.3 Å². The number of rotatable bonds is 12. The number of carbonyl (C=O) groups is 3. The van der Waals surface area contributed by atoms with Gasteiger partial charge in [-0.15, -0.1) is 6.58 Å². The van der Waals surface area contributed by atoms with Crippen LogP contribution in [0.15, 0.2) is 36.9 Å². The van der Waals surface area contributed by atoms with Crippen molar-refractivity contribution in [2.24, 2.45) is 11.8 Å². The van der Waals surface area contributed by atoms with E-state index in [-0.39, 0.29) is 31.6 Å². The fourth-order valence-electron chi connectivity index (χ4n) is 6.72. The fourth-order valence-corrected chi connectivity index (χ4v) is 6.72. The van der Waals surface area contributed by atoms with E-state index < -0.39 is 41.6 Å². The van der Waals surface area contributed by atoms with Gasteiger partial charge in [0.05, 0.1) is 37.2 Å². The molecule has 9 nitrogen and oxygen atoms in total. The summed E-state index contributed by atoms with van der Waals surface area (Å²) in [5.74, 6) is -2.65. The smallest absolute Gasteiger partial charge is 0.312 e. The minimum absolute atomic E-state index is 0.201. The normalized spacial score (nSPS) is 28.2. The molecule has 1 N–H and O–H groups in total. The van der Waals surface area contributed by atoms with Crippen molar-refractivity contribution < 1.29 is 29.0 Å². The molecule has 4 rings (SSSR count). The average molecular weight is 528 g/mol. The Morgan fingerprint density at radius 2 is 1.87 bits per heavy atom. The third kappa shape index (κ3) is 4.39. The van der Waals surface area contributed by atoms with Gasteiger partial charge in [0.1, 0.15) is 11.6 Å².